The van der Waals surface area contributed by atoms with E-state index >= 15 is 0 Å². The van der Waals surface area contributed by atoms with Gasteiger partial charge in [-0.25, -0.2) is 8.42 Å². The molecule has 0 saturated carbocycles. The molecule has 0 aliphatic carbocycles. The fraction of sp³-hybridized carbons (Fsp3) is 0.0385. The summed E-state index contributed by atoms with van der Waals surface area (Å²) in [5.74, 6) is 0.492. The molecule has 0 unspecified atom stereocenters. The third-order valence-electron chi connectivity index (χ3n) is 4.97. The number of nitriles is 1. The van der Waals surface area contributed by atoms with Crippen LogP contribution in [0.4, 0.5) is 0 Å². The molecule has 0 heterocycles. The molecule has 0 atom stereocenters. The fourth-order valence-electron chi connectivity index (χ4n) is 3.33. The van der Waals surface area contributed by atoms with Crippen LogP contribution in [0.3, 0.4) is 0 Å². The number of fused-ring (bicyclic) bond motifs is 1. The maximum atomic E-state index is 13.1. The number of ether oxygens (including phenoxy) is 1. The van der Waals surface area contributed by atoms with E-state index in [9.17, 15) is 13.7 Å². The number of allylic oxidation sites excluding steroid dienone is 1. The first kappa shape index (κ1) is 21.6. The van der Waals surface area contributed by atoms with E-state index in [1.54, 1.807) is 6.07 Å². The van der Waals surface area contributed by atoms with E-state index in [2.05, 4.69) is 0 Å². The molecule has 0 bridgehead atoms. The molecule has 0 saturated heterocycles. The molecule has 0 aliphatic heterocycles. The predicted molar refractivity (Wildman–Crippen MR) is 127 cm³/mol. The summed E-state index contributed by atoms with van der Waals surface area (Å²) in [7, 11) is -4.03. The maximum absolute atomic E-state index is 13.1. The first-order valence-corrected chi connectivity index (χ1v) is 11.7. The first-order valence-electron chi connectivity index (χ1n) is 9.80. The zero-order chi connectivity index (χ0) is 22.6. The summed E-state index contributed by atoms with van der Waals surface area (Å²) in [5.41, 5.74) is 1.51. The van der Waals surface area contributed by atoms with Gasteiger partial charge in [-0.3, -0.25) is 0 Å². The first-order chi connectivity index (χ1) is 15.5. The van der Waals surface area contributed by atoms with Gasteiger partial charge >= 0.3 is 0 Å². The molecule has 4 aromatic carbocycles. The van der Waals surface area contributed by atoms with Gasteiger partial charge in [0.2, 0.25) is 9.84 Å². The molecule has 0 spiro atoms. The predicted octanol–water partition coefficient (Wildman–Crippen LogP) is 6.41. The molecule has 32 heavy (non-hydrogen) atoms. The van der Waals surface area contributed by atoms with Crippen LogP contribution in [0.15, 0.2) is 101 Å². The lowest BCUT2D eigenvalue weighted by Crippen LogP contribution is -2.04. The largest absolute Gasteiger partial charge is 0.488 e. The highest BCUT2D eigenvalue weighted by Gasteiger charge is 2.22. The van der Waals surface area contributed by atoms with Crippen molar-refractivity contribution in [2.24, 2.45) is 0 Å². The molecule has 0 N–H and O–H groups in total. The quantitative estimate of drug-likeness (QED) is 0.312. The van der Waals surface area contributed by atoms with Crippen molar-refractivity contribution in [1.82, 2.24) is 0 Å². The highest BCUT2D eigenvalue weighted by molar-refractivity contribution is 7.95. The van der Waals surface area contributed by atoms with Crippen molar-refractivity contribution >= 4 is 38.3 Å². The van der Waals surface area contributed by atoms with Crippen molar-refractivity contribution in [2.75, 3.05) is 0 Å². The third kappa shape index (κ3) is 4.52. The molecule has 0 aliphatic rings. The standard InChI is InChI=1S/C26H18ClNO3S/c27-21-11-13-22(14-12-21)32(29,30)23(17-28)16-25-24-9-5-4-8-20(24)10-15-26(25)31-18-19-6-2-1-3-7-19/h1-16H,18H2. The average Bonchev–Trinajstić information content (AvgIpc) is 2.82. The van der Waals surface area contributed by atoms with E-state index in [4.69, 9.17) is 16.3 Å². The molecule has 0 aromatic heterocycles. The molecule has 4 rings (SSSR count). The summed E-state index contributed by atoms with van der Waals surface area (Å²) in [6.45, 7) is 0.311. The minimum Gasteiger partial charge on any atom is -0.488 e. The molecular formula is C26H18ClNO3S. The normalized spacial score (nSPS) is 11.8. The molecule has 0 fully saturated rings. The molecule has 6 heteroatoms. The topological polar surface area (TPSA) is 67.2 Å². The Kier molecular flexibility index (Phi) is 6.27. The van der Waals surface area contributed by atoms with Gasteiger partial charge in [0.15, 0.2) is 0 Å². The lowest BCUT2D eigenvalue weighted by Gasteiger charge is -2.13. The smallest absolute Gasteiger partial charge is 0.216 e. The van der Waals surface area contributed by atoms with Crippen molar-refractivity contribution in [3.63, 3.8) is 0 Å². The van der Waals surface area contributed by atoms with Crippen molar-refractivity contribution in [2.45, 2.75) is 11.5 Å². The summed E-state index contributed by atoms with van der Waals surface area (Å²) < 4.78 is 32.3. The van der Waals surface area contributed by atoms with Crippen molar-refractivity contribution < 1.29 is 13.2 Å². The summed E-state index contributed by atoms with van der Waals surface area (Å²) in [6.07, 6.45) is 1.38. The van der Waals surface area contributed by atoms with Crippen LogP contribution < -0.4 is 4.74 Å². The second-order valence-corrected chi connectivity index (χ2v) is 9.41. The van der Waals surface area contributed by atoms with Gasteiger partial charge in [0.1, 0.15) is 23.3 Å². The lowest BCUT2D eigenvalue weighted by molar-refractivity contribution is 0.306. The van der Waals surface area contributed by atoms with Crippen LogP contribution in [-0.4, -0.2) is 8.42 Å². The van der Waals surface area contributed by atoms with Gasteiger partial charge in [-0.15, -0.1) is 0 Å². The highest BCUT2D eigenvalue weighted by atomic mass is 35.5. The van der Waals surface area contributed by atoms with E-state index in [0.29, 0.717) is 22.9 Å². The third-order valence-corrected chi connectivity index (χ3v) is 6.90. The Labute approximate surface area is 191 Å². The lowest BCUT2D eigenvalue weighted by atomic mass is 10.0. The van der Waals surface area contributed by atoms with E-state index in [-0.39, 0.29) is 9.80 Å². The summed E-state index contributed by atoms with van der Waals surface area (Å²) in [4.78, 5) is -0.373. The van der Waals surface area contributed by atoms with Crippen LogP contribution in [0.25, 0.3) is 16.8 Å². The van der Waals surface area contributed by atoms with E-state index in [1.807, 2.05) is 66.7 Å². The maximum Gasteiger partial charge on any atom is 0.216 e. The average molecular weight is 460 g/mol. The van der Waals surface area contributed by atoms with Crippen molar-refractivity contribution in [3.05, 3.63) is 112 Å². The van der Waals surface area contributed by atoms with Crippen molar-refractivity contribution in [3.8, 4) is 11.8 Å². The molecule has 158 valence electrons. The van der Waals surface area contributed by atoms with Crippen LogP contribution in [0.1, 0.15) is 11.1 Å². The van der Waals surface area contributed by atoms with Crippen LogP contribution >= 0.6 is 11.6 Å². The molecule has 0 radical (unpaired) electrons. The number of benzene rings is 4. The van der Waals surface area contributed by atoms with E-state index in [1.165, 1.54) is 30.3 Å². The van der Waals surface area contributed by atoms with Gasteiger partial charge in [0, 0.05) is 10.6 Å². The zero-order valence-electron chi connectivity index (χ0n) is 16.9. The van der Waals surface area contributed by atoms with Crippen LogP contribution in [0.5, 0.6) is 5.75 Å². The number of halogens is 1. The van der Waals surface area contributed by atoms with Crippen molar-refractivity contribution in [1.29, 1.82) is 5.26 Å². The minimum atomic E-state index is -4.03. The monoisotopic (exact) mass is 459 g/mol. The summed E-state index contributed by atoms with van der Waals surface area (Å²) >= 11 is 5.89. The second-order valence-electron chi connectivity index (χ2n) is 7.05. The number of rotatable bonds is 6. The highest BCUT2D eigenvalue weighted by Crippen LogP contribution is 2.33. The number of sulfone groups is 1. The molecule has 0 amide bonds. The van der Waals surface area contributed by atoms with Crippen LogP contribution in [-0.2, 0) is 16.4 Å². The van der Waals surface area contributed by atoms with Gasteiger partial charge in [0.25, 0.3) is 0 Å². The number of nitrogens with zero attached hydrogens (tertiary/aromatic N) is 1. The summed E-state index contributed by atoms with van der Waals surface area (Å²) in [6, 6.07) is 28.5. The van der Waals surface area contributed by atoms with Gasteiger partial charge in [-0.1, -0.05) is 72.3 Å². The van der Waals surface area contributed by atoms with Gasteiger partial charge < -0.3 is 4.74 Å². The SMILES string of the molecule is N#CC(=Cc1c(OCc2ccccc2)ccc2ccccc12)S(=O)(=O)c1ccc(Cl)cc1. The Balaban J connectivity index is 1.82. The Morgan fingerprint density at radius 2 is 1.59 bits per heavy atom. The molecular weight excluding hydrogens is 442 g/mol. The Hall–Kier alpha value is -3.59. The Morgan fingerprint density at radius 3 is 2.31 bits per heavy atom. The van der Waals surface area contributed by atoms with E-state index in [0.717, 1.165) is 16.3 Å². The number of hydrogen-bond acceptors (Lipinski definition) is 4. The van der Waals surface area contributed by atoms with Crippen LogP contribution in [0, 0.1) is 11.3 Å². The van der Waals surface area contributed by atoms with Gasteiger partial charge in [-0.05, 0) is 52.7 Å². The van der Waals surface area contributed by atoms with Crippen LogP contribution in [0.2, 0.25) is 5.02 Å². The fourth-order valence-corrected chi connectivity index (χ4v) is 4.59. The zero-order valence-corrected chi connectivity index (χ0v) is 18.5. The molecule has 4 aromatic rings. The summed E-state index contributed by atoms with van der Waals surface area (Å²) in [5, 5.41) is 11.9. The molecule has 4 nitrogen and oxygen atoms in total. The van der Waals surface area contributed by atoms with Gasteiger partial charge in [0.05, 0.1) is 4.90 Å². The number of hydrogen-bond donors (Lipinski definition) is 0. The Bertz CT molecular complexity index is 1440. The Morgan fingerprint density at radius 1 is 0.906 bits per heavy atom. The van der Waals surface area contributed by atoms with E-state index < -0.39 is 9.84 Å². The minimum absolute atomic E-state index is 0.00157. The second kappa shape index (κ2) is 9.27. The van der Waals surface area contributed by atoms with Gasteiger partial charge in [-0.2, -0.15) is 5.26 Å².